The van der Waals surface area contributed by atoms with E-state index in [0.29, 0.717) is 17.8 Å². The highest BCUT2D eigenvalue weighted by atomic mass is 19.1. The number of carbonyl (C=O) groups excluding carboxylic acids is 2. The number of aryl methyl sites for hydroxylation is 1. The smallest absolute Gasteiger partial charge is 0.268 e. The molecule has 0 radical (unpaired) electrons. The molecule has 1 aromatic carbocycles. The number of rotatable bonds is 3. The van der Waals surface area contributed by atoms with E-state index in [1.165, 1.54) is 38.6 Å². The summed E-state index contributed by atoms with van der Waals surface area (Å²) in [6, 6.07) is 7.12. The number of amides is 2. The maximum atomic E-state index is 13.2. The number of hydrogen-bond acceptors (Lipinski definition) is 4. The second-order valence-corrected chi connectivity index (χ2v) is 6.87. The van der Waals surface area contributed by atoms with Gasteiger partial charge in [0.2, 0.25) is 0 Å². The van der Waals surface area contributed by atoms with Crippen molar-refractivity contribution >= 4 is 11.8 Å². The van der Waals surface area contributed by atoms with Gasteiger partial charge in [0.05, 0.1) is 13.2 Å². The van der Waals surface area contributed by atoms with Crippen LogP contribution >= 0.6 is 0 Å². The number of nitrogens with zero attached hydrogens (tertiary/aromatic N) is 3. The summed E-state index contributed by atoms with van der Waals surface area (Å²) in [6.45, 7) is 2.28. The van der Waals surface area contributed by atoms with Crippen molar-refractivity contribution in [2.45, 2.75) is 13.0 Å². The van der Waals surface area contributed by atoms with E-state index in [0.717, 1.165) is 0 Å². The maximum Gasteiger partial charge on any atom is 0.268 e. The van der Waals surface area contributed by atoms with Gasteiger partial charge in [-0.25, -0.2) is 4.39 Å². The van der Waals surface area contributed by atoms with Gasteiger partial charge >= 0.3 is 0 Å². The van der Waals surface area contributed by atoms with Crippen molar-refractivity contribution in [1.82, 2.24) is 14.4 Å². The Hall–Kier alpha value is -3.00. The van der Waals surface area contributed by atoms with Crippen LogP contribution in [-0.2, 0) is 9.53 Å². The monoisotopic (exact) mass is 387 g/mol. The summed E-state index contributed by atoms with van der Waals surface area (Å²) in [5, 5.41) is 0. The summed E-state index contributed by atoms with van der Waals surface area (Å²) in [7, 11) is 3.24. The topological polar surface area (TPSA) is 71.9 Å². The van der Waals surface area contributed by atoms with Crippen molar-refractivity contribution in [2.24, 2.45) is 0 Å². The lowest BCUT2D eigenvalue weighted by atomic mass is 10.1. The quantitative estimate of drug-likeness (QED) is 0.794. The van der Waals surface area contributed by atoms with E-state index in [1.54, 1.807) is 33.3 Å². The highest BCUT2D eigenvalue weighted by molar-refractivity contribution is 5.96. The van der Waals surface area contributed by atoms with Crippen LogP contribution in [0.4, 0.5) is 4.39 Å². The zero-order valence-corrected chi connectivity index (χ0v) is 16.0. The fraction of sp³-hybridized carbons (Fsp3) is 0.350. The summed E-state index contributed by atoms with van der Waals surface area (Å²) in [5.74, 6) is -1.09. The zero-order chi connectivity index (χ0) is 20.4. The predicted molar refractivity (Wildman–Crippen MR) is 101 cm³/mol. The molecule has 0 N–H and O–H groups in total. The van der Waals surface area contributed by atoms with Crippen LogP contribution in [0.3, 0.4) is 0 Å². The SMILES string of the molecule is Cc1ccn(-c2ccc(F)cc2)c(=O)c1C(=O)N1CCOC(C(=O)N(C)C)C1. The molecule has 1 aliphatic heterocycles. The minimum atomic E-state index is -0.754. The molecule has 0 spiro atoms. The first-order valence-corrected chi connectivity index (χ1v) is 8.90. The molecule has 0 aliphatic carbocycles. The van der Waals surface area contributed by atoms with E-state index < -0.39 is 23.4 Å². The molecule has 0 saturated carbocycles. The lowest BCUT2D eigenvalue weighted by Crippen LogP contribution is -2.52. The van der Waals surface area contributed by atoms with Gasteiger partial charge in [-0.1, -0.05) is 0 Å². The number of halogens is 1. The van der Waals surface area contributed by atoms with E-state index in [-0.39, 0.29) is 24.6 Å². The lowest BCUT2D eigenvalue weighted by molar-refractivity contribution is -0.145. The first-order chi connectivity index (χ1) is 13.3. The third kappa shape index (κ3) is 3.82. The third-order valence-corrected chi connectivity index (χ3v) is 4.69. The molecule has 2 amide bonds. The van der Waals surface area contributed by atoms with Gasteiger partial charge in [-0.3, -0.25) is 19.0 Å². The van der Waals surface area contributed by atoms with Crippen molar-refractivity contribution in [3.05, 3.63) is 63.8 Å². The molecule has 28 heavy (non-hydrogen) atoms. The number of likely N-dealkylation sites (N-methyl/N-ethyl adjacent to an activating group) is 1. The van der Waals surface area contributed by atoms with Gasteiger partial charge in [0, 0.05) is 32.5 Å². The van der Waals surface area contributed by atoms with Crippen LogP contribution in [0.1, 0.15) is 15.9 Å². The second kappa shape index (κ2) is 7.93. The van der Waals surface area contributed by atoms with E-state index >= 15 is 0 Å². The number of carbonyl (C=O) groups is 2. The van der Waals surface area contributed by atoms with Crippen LogP contribution in [-0.4, -0.2) is 66.1 Å². The Bertz CT molecular complexity index is 953. The lowest BCUT2D eigenvalue weighted by Gasteiger charge is -2.33. The number of hydrogen-bond donors (Lipinski definition) is 0. The van der Waals surface area contributed by atoms with Crippen LogP contribution in [0.15, 0.2) is 41.3 Å². The molecule has 7 nitrogen and oxygen atoms in total. The van der Waals surface area contributed by atoms with Crippen LogP contribution in [0.5, 0.6) is 0 Å². The Morgan fingerprint density at radius 3 is 2.50 bits per heavy atom. The average molecular weight is 387 g/mol. The molecular weight excluding hydrogens is 365 g/mol. The maximum absolute atomic E-state index is 13.2. The number of pyridine rings is 1. The molecule has 8 heteroatoms. The van der Waals surface area contributed by atoms with Gasteiger partial charge in [-0.15, -0.1) is 0 Å². The summed E-state index contributed by atoms with van der Waals surface area (Å²) < 4.78 is 20.0. The van der Waals surface area contributed by atoms with Crippen molar-refractivity contribution in [2.75, 3.05) is 33.8 Å². The number of aromatic nitrogens is 1. The summed E-state index contributed by atoms with van der Waals surface area (Å²) >= 11 is 0. The third-order valence-electron chi connectivity index (χ3n) is 4.69. The zero-order valence-electron chi connectivity index (χ0n) is 16.0. The molecule has 1 unspecified atom stereocenters. The molecule has 1 saturated heterocycles. The summed E-state index contributed by atoms with van der Waals surface area (Å²) in [4.78, 5) is 41.1. The van der Waals surface area contributed by atoms with Gasteiger partial charge in [0.25, 0.3) is 17.4 Å². The Labute approximate surface area is 161 Å². The van der Waals surface area contributed by atoms with E-state index in [4.69, 9.17) is 4.74 Å². The Morgan fingerprint density at radius 2 is 1.86 bits per heavy atom. The molecule has 3 rings (SSSR count). The number of ether oxygens (including phenoxy) is 1. The van der Waals surface area contributed by atoms with Gasteiger partial charge in [-0.05, 0) is 42.8 Å². The molecule has 1 aliphatic rings. The first-order valence-electron chi connectivity index (χ1n) is 8.90. The van der Waals surface area contributed by atoms with Gasteiger partial charge < -0.3 is 14.5 Å². The molecule has 1 aromatic heterocycles. The molecule has 1 atom stereocenters. The minimum absolute atomic E-state index is 0.0322. The van der Waals surface area contributed by atoms with Crippen molar-refractivity contribution in [3.63, 3.8) is 0 Å². The molecule has 1 fully saturated rings. The molecule has 0 bridgehead atoms. The fourth-order valence-corrected chi connectivity index (χ4v) is 3.12. The van der Waals surface area contributed by atoms with E-state index in [9.17, 15) is 18.8 Å². The van der Waals surface area contributed by atoms with E-state index in [1.807, 2.05) is 0 Å². The molecule has 148 valence electrons. The normalized spacial score (nSPS) is 16.7. The van der Waals surface area contributed by atoms with Gasteiger partial charge in [-0.2, -0.15) is 0 Å². The molecular formula is C20H22FN3O4. The van der Waals surface area contributed by atoms with Crippen LogP contribution in [0.25, 0.3) is 5.69 Å². The van der Waals surface area contributed by atoms with Gasteiger partial charge in [0.1, 0.15) is 11.4 Å². The van der Waals surface area contributed by atoms with Crippen molar-refractivity contribution < 1.29 is 18.7 Å². The van der Waals surface area contributed by atoms with E-state index in [2.05, 4.69) is 0 Å². The van der Waals surface area contributed by atoms with Gasteiger partial charge in [0.15, 0.2) is 6.10 Å². The summed E-state index contributed by atoms with van der Waals surface area (Å²) in [6.07, 6.45) is 0.801. The summed E-state index contributed by atoms with van der Waals surface area (Å²) in [5.41, 5.74) is 0.543. The van der Waals surface area contributed by atoms with Crippen LogP contribution in [0, 0.1) is 12.7 Å². The second-order valence-electron chi connectivity index (χ2n) is 6.87. The Morgan fingerprint density at radius 1 is 1.18 bits per heavy atom. The van der Waals surface area contributed by atoms with Crippen LogP contribution < -0.4 is 5.56 Å². The average Bonchev–Trinajstić information content (AvgIpc) is 2.68. The largest absolute Gasteiger partial charge is 0.365 e. The number of morpholine rings is 1. The van der Waals surface area contributed by atoms with Crippen molar-refractivity contribution in [1.29, 1.82) is 0 Å². The van der Waals surface area contributed by atoms with Crippen molar-refractivity contribution in [3.8, 4) is 5.69 Å². The Kier molecular flexibility index (Phi) is 5.60. The fourth-order valence-electron chi connectivity index (χ4n) is 3.12. The molecule has 2 aromatic rings. The predicted octanol–water partition coefficient (Wildman–Crippen LogP) is 1.21. The van der Waals surface area contributed by atoms with Crippen LogP contribution in [0.2, 0.25) is 0 Å². The molecule has 2 heterocycles. The number of benzene rings is 1. The minimum Gasteiger partial charge on any atom is -0.365 e. The highest BCUT2D eigenvalue weighted by Crippen LogP contribution is 2.14. The first kappa shape index (κ1) is 19.8. The Balaban J connectivity index is 1.93. The standard InChI is InChI=1S/C20H22FN3O4/c1-13-8-9-24(15-6-4-14(21)5-7-15)20(27)17(13)19(26)23-10-11-28-16(12-23)18(25)22(2)3/h4-9,16H,10-12H2,1-3H3. The highest BCUT2D eigenvalue weighted by Gasteiger charge is 2.32.